The summed E-state index contributed by atoms with van der Waals surface area (Å²) in [5.41, 5.74) is 1.27. The second-order valence-corrected chi connectivity index (χ2v) is 7.36. The molecule has 0 aliphatic carbocycles. The zero-order valence-electron chi connectivity index (χ0n) is 13.5. The van der Waals surface area contributed by atoms with E-state index in [1.807, 2.05) is 13.8 Å². The quantitative estimate of drug-likeness (QED) is 0.715. The summed E-state index contributed by atoms with van der Waals surface area (Å²) in [5.74, 6) is -1.04. The summed E-state index contributed by atoms with van der Waals surface area (Å²) in [6.45, 7) is 3.97. The number of fused-ring (bicyclic) bond motifs is 1. The number of furan rings is 1. The fourth-order valence-corrected chi connectivity index (χ4v) is 3.50. The molecule has 8 heteroatoms. The molecule has 3 aromatic rings. The molecule has 6 nitrogen and oxygen atoms in total. The summed E-state index contributed by atoms with van der Waals surface area (Å²) in [5, 5.41) is 8.94. The first-order chi connectivity index (χ1) is 11.8. The van der Waals surface area contributed by atoms with Crippen LogP contribution in [0.4, 0.5) is 0 Å². The first kappa shape index (κ1) is 17.4. The van der Waals surface area contributed by atoms with Crippen molar-refractivity contribution in [3.63, 3.8) is 0 Å². The third kappa shape index (κ3) is 3.67. The van der Waals surface area contributed by atoms with Gasteiger partial charge in [0.2, 0.25) is 5.76 Å². The molecule has 2 heterocycles. The van der Waals surface area contributed by atoms with Crippen molar-refractivity contribution in [2.24, 2.45) is 0 Å². The molecule has 0 aliphatic rings. The van der Waals surface area contributed by atoms with Crippen molar-refractivity contribution in [3.8, 4) is 0 Å². The number of nitrogens with zero attached hydrogens (tertiary/aromatic N) is 2. The number of carbonyl (C=O) groups excluding carboxylic acids is 1. The summed E-state index contributed by atoms with van der Waals surface area (Å²) >= 11 is 7.23. The maximum absolute atomic E-state index is 12.9. The molecule has 0 unspecified atom stereocenters. The Bertz CT molecular complexity index is 947. The third-order valence-corrected chi connectivity index (χ3v) is 4.81. The molecule has 1 N–H and O–H groups in total. The number of aromatic nitrogens is 1. The van der Waals surface area contributed by atoms with Crippen LogP contribution >= 0.6 is 22.9 Å². The first-order valence-corrected chi connectivity index (χ1v) is 8.73. The van der Waals surface area contributed by atoms with Gasteiger partial charge < -0.3 is 14.4 Å². The molecular formula is C17H15ClN2O4S. The highest BCUT2D eigenvalue weighted by molar-refractivity contribution is 7.22. The van der Waals surface area contributed by atoms with Crippen LogP contribution in [0.5, 0.6) is 0 Å². The Morgan fingerprint density at radius 3 is 2.72 bits per heavy atom. The minimum atomic E-state index is -1.14. The number of hydrogen-bond acceptors (Lipinski definition) is 5. The first-order valence-electron chi connectivity index (χ1n) is 7.54. The Morgan fingerprint density at radius 2 is 2.08 bits per heavy atom. The van der Waals surface area contributed by atoms with Crippen molar-refractivity contribution in [1.82, 2.24) is 9.88 Å². The molecule has 0 aliphatic heterocycles. The van der Waals surface area contributed by atoms with Crippen molar-refractivity contribution < 1.29 is 19.1 Å². The average molecular weight is 379 g/mol. The fraction of sp³-hybridized carbons (Fsp3) is 0.235. The molecule has 2 aromatic heterocycles. The van der Waals surface area contributed by atoms with Gasteiger partial charge in [0.05, 0.1) is 16.8 Å². The van der Waals surface area contributed by atoms with Crippen LogP contribution in [0.15, 0.2) is 34.7 Å². The maximum Gasteiger partial charge on any atom is 0.371 e. The summed E-state index contributed by atoms with van der Waals surface area (Å²) < 4.78 is 6.53. The van der Waals surface area contributed by atoms with Gasteiger partial charge in [-0.25, -0.2) is 9.78 Å². The van der Waals surface area contributed by atoms with Crippen molar-refractivity contribution in [2.45, 2.75) is 26.4 Å². The van der Waals surface area contributed by atoms with Crippen molar-refractivity contribution in [2.75, 3.05) is 0 Å². The lowest BCUT2D eigenvalue weighted by atomic mass is 10.1. The van der Waals surface area contributed by atoms with Gasteiger partial charge in [-0.1, -0.05) is 11.6 Å². The van der Waals surface area contributed by atoms with E-state index >= 15 is 0 Å². The van der Waals surface area contributed by atoms with E-state index in [-0.39, 0.29) is 24.3 Å². The maximum atomic E-state index is 12.9. The van der Waals surface area contributed by atoms with Crippen molar-refractivity contribution >= 4 is 45.0 Å². The summed E-state index contributed by atoms with van der Waals surface area (Å²) in [4.78, 5) is 29.6. The molecule has 3 rings (SSSR count). The molecule has 0 saturated carbocycles. The van der Waals surface area contributed by atoms with Gasteiger partial charge in [0.15, 0.2) is 4.47 Å². The highest BCUT2D eigenvalue weighted by Crippen LogP contribution is 2.27. The minimum Gasteiger partial charge on any atom is -0.475 e. The van der Waals surface area contributed by atoms with Crippen LogP contribution in [0, 0.1) is 0 Å². The standard InChI is InChI=1S/C17H15ClN2O4S/c1-9(2)20(8-11-4-6-13(24-11)16(22)23)15(21)10-3-5-12-14(7-10)25-17(18)19-12/h3-7,9H,8H2,1-2H3,(H,22,23). The third-order valence-electron chi connectivity index (χ3n) is 3.69. The average Bonchev–Trinajstić information content (AvgIpc) is 3.16. The molecule has 0 saturated heterocycles. The van der Waals surface area contributed by atoms with Crippen LogP contribution in [0.2, 0.25) is 4.47 Å². The van der Waals surface area contributed by atoms with E-state index in [1.165, 1.54) is 17.4 Å². The predicted octanol–water partition coefficient (Wildman–Crippen LogP) is 4.29. The van der Waals surface area contributed by atoms with E-state index in [0.717, 1.165) is 10.2 Å². The number of carboxylic acids is 1. The van der Waals surface area contributed by atoms with Gasteiger partial charge in [0.1, 0.15) is 5.76 Å². The van der Waals surface area contributed by atoms with Crippen molar-refractivity contribution in [1.29, 1.82) is 0 Å². The molecule has 1 amide bonds. The molecular weight excluding hydrogens is 364 g/mol. The van der Waals surface area contributed by atoms with E-state index in [1.54, 1.807) is 29.2 Å². The van der Waals surface area contributed by atoms with E-state index in [2.05, 4.69) is 4.98 Å². The number of carboxylic acid groups (broad SMARTS) is 1. The highest BCUT2D eigenvalue weighted by Gasteiger charge is 2.22. The number of amides is 1. The van der Waals surface area contributed by atoms with Crippen LogP contribution in [-0.2, 0) is 6.54 Å². The van der Waals surface area contributed by atoms with E-state index in [9.17, 15) is 9.59 Å². The van der Waals surface area contributed by atoms with Crippen LogP contribution in [0.1, 0.15) is 40.5 Å². The van der Waals surface area contributed by atoms with Gasteiger partial charge in [0, 0.05) is 11.6 Å². The summed E-state index contributed by atoms with van der Waals surface area (Å²) in [7, 11) is 0. The molecule has 1 aromatic carbocycles. The number of rotatable bonds is 5. The lowest BCUT2D eigenvalue weighted by Crippen LogP contribution is -2.36. The molecule has 25 heavy (non-hydrogen) atoms. The lowest BCUT2D eigenvalue weighted by Gasteiger charge is -2.26. The topological polar surface area (TPSA) is 83.6 Å². The Hall–Kier alpha value is -2.38. The van der Waals surface area contributed by atoms with Crippen LogP contribution in [0.25, 0.3) is 10.2 Å². The SMILES string of the molecule is CC(C)N(Cc1ccc(C(=O)O)o1)C(=O)c1ccc2nc(Cl)sc2c1. The van der Waals surface area contributed by atoms with E-state index in [0.29, 0.717) is 15.8 Å². The fourth-order valence-electron chi connectivity index (χ4n) is 2.43. The molecule has 0 bridgehead atoms. The van der Waals surface area contributed by atoms with Gasteiger partial charge in [-0.3, -0.25) is 4.79 Å². The largest absolute Gasteiger partial charge is 0.475 e. The molecule has 0 spiro atoms. The molecule has 0 radical (unpaired) electrons. The van der Waals surface area contributed by atoms with Crippen LogP contribution in [0.3, 0.4) is 0 Å². The number of thiazole rings is 1. The zero-order valence-corrected chi connectivity index (χ0v) is 15.1. The zero-order chi connectivity index (χ0) is 18.1. The smallest absolute Gasteiger partial charge is 0.371 e. The number of carbonyl (C=O) groups is 2. The normalized spacial score (nSPS) is 11.2. The lowest BCUT2D eigenvalue weighted by molar-refractivity contribution is 0.0648. The van der Waals surface area contributed by atoms with Gasteiger partial charge in [-0.15, -0.1) is 11.3 Å². The van der Waals surface area contributed by atoms with Gasteiger partial charge in [0.25, 0.3) is 5.91 Å². The summed E-state index contributed by atoms with van der Waals surface area (Å²) in [6.07, 6.45) is 0. The second-order valence-electron chi connectivity index (χ2n) is 5.75. The Kier molecular flexibility index (Phi) is 4.78. The Morgan fingerprint density at radius 1 is 1.32 bits per heavy atom. The number of benzene rings is 1. The minimum absolute atomic E-state index is 0.0911. The molecule has 0 fully saturated rings. The Balaban J connectivity index is 1.87. The molecule has 0 atom stereocenters. The predicted molar refractivity (Wildman–Crippen MR) is 95.3 cm³/mol. The number of halogens is 1. The van der Waals surface area contributed by atoms with Gasteiger partial charge >= 0.3 is 5.97 Å². The highest BCUT2D eigenvalue weighted by atomic mass is 35.5. The van der Waals surface area contributed by atoms with Crippen LogP contribution < -0.4 is 0 Å². The van der Waals surface area contributed by atoms with Gasteiger partial charge in [-0.2, -0.15) is 0 Å². The number of aromatic carboxylic acids is 1. The number of hydrogen-bond donors (Lipinski definition) is 1. The van der Waals surface area contributed by atoms with Crippen molar-refractivity contribution in [3.05, 3.63) is 51.9 Å². The van der Waals surface area contributed by atoms with Gasteiger partial charge in [-0.05, 0) is 44.2 Å². The van der Waals surface area contributed by atoms with E-state index in [4.69, 9.17) is 21.1 Å². The molecule has 130 valence electrons. The van der Waals surface area contributed by atoms with E-state index < -0.39 is 5.97 Å². The monoisotopic (exact) mass is 378 g/mol. The Labute approximate surface area is 152 Å². The second kappa shape index (κ2) is 6.85. The van der Waals surface area contributed by atoms with Crippen LogP contribution in [-0.4, -0.2) is 32.9 Å². The summed E-state index contributed by atoms with van der Waals surface area (Å²) in [6, 6.07) is 8.09.